The Kier molecular flexibility index (Phi) is 6.97. The number of benzene rings is 1. The van der Waals surface area contributed by atoms with Crippen molar-refractivity contribution in [3.63, 3.8) is 0 Å². The van der Waals surface area contributed by atoms with E-state index in [2.05, 4.69) is 54.5 Å². The number of carbonyl (C=O) groups is 1. The summed E-state index contributed by atoms with van der Waals surface area (Å²) in [6.45, 7) is 16.2. The van der Waals surface area contributed by atoms with Gasteiger partial charge in [0.15, 0.2) is 0 Å². The van der Waals surface area contributed by atoms with Crippen molar-refractivity contribution in [2.24, 2.45) is 50.2 Å². The number of hydrogen-bond donors (Lipinski definition) is 3. The fourth-order valence-electron chi connectivity index (χ4n) is 11.5. The first-order valence-electron chi connectivity index (χ1n) is 16.5. The molecule has 1 aromatic rings. The third-order valence-electron chi connectivity index (χ3n) is 14.7. The first-order chi connectivity index (χ1) is 19.5. The van der Waals surface area contributed by atoms with Crippen LogP contribution in [0.1, 0.15) is 105 Å². The third kappa shape index (κ3) is 3.94. The molecule has 4 fully saturated rings. The number of hydrogen-bond acceptors (Lipinski definition) is 5. The minimum absolute atomic E-state index is 0.0505. The van der Waals surface area contributed by atoms with Crippen molar-refractivity contribution in [3.05, 3.63) is 47.5 Å². The quantitative estimate of drug-likeness (QED) is 0.270. The van der Waals surface area contributed by atoms with Crippen molar-refractivity contribution in [1.29, 1.82) is 0 Å². The zero-order valence-electron chi connectivity index (χ0n) is 27.0. The van der Waals surface area contributed by atoms with E-state index in [0.29, 0.717) is 12.5 Å². The molecule has 1 aromatic carbocycles. The molecule has 0 amide bonds. The molecule has 11 atom stereocenters. The maximum Gasteiger partial charge on any atom is 0.312 e. The first-order valence-corrected chi connectivity index (χ1v) is 16.5. The molecule has 5 heteroatoms. The second kappa shape index (κ2) is 9.65. The van der Waals surface area contributed by atoms with Gasteiger partial charge in [-0.2, -0.15) is 0 Å². The maximum absolute atomic E-state index is 13.6. The van der Waals surface area contributed by atoms with Crippen molar-refractivity contribution in [2.75, 3.05) is 0 Å². The van der Waals surface area contributed by atoms with Gasteiger partial charge in [-0.3, -0.25) is 4.79 Å². The van der Waals surface area contributed by atoms with E-state index in [1.165, 1.54) is 5.57 Å². The molecule has 0 spiro atoms. The molecular formula is C37H54O5. The second-order valence-corrected chi connectivity index (χ2v) is 16.9. The SMILES string of the molecule is CC1(C)[C@@H](O)[C@@H](O)[C@H](O)[C@]2(C)[C@H]3CC=C4[C@@H]5C[C@@](C)(C(=O)OCc6ccccc6)CC[C@]5(C)CC[C@@]4(C)[C@]3(C)CC[C@@H]12. The van der Waals surface area contributed by atoms with E-state index in [9.17, 15) is 20.1 Å². The lowest BCUT2D eigenvalue weighted by atomic mass is 9.33. The van der Waals surface area contributed by atoms with Gasteiger partial charge in [-0.05, 0) is 103 Å². The monoisotopic (exact) mass is 578 g/mol. The standard InChI is InChI=1S/C37H54O5/c1-32(2)26-15-16-36(6)27(37(26,7)30(40)28(38)29(32)39)14-13-24-25-21-34(4,18-17-33(25,3)19-20-35(24,36)5)31(41)42-22-23-11-9-8-10-12-23/h8-13,25-30,38-40H,14-22H2,1-7H3/t25-,26-,27-,28+,29-,30-,33+,34-,35+,36+,37-/m0/s1. The topological polar surface area (TPSA) is 87.0 Å². The lowest BCUT2D eigenvalue weighted by Gasteiger charge is -2.72. The molecule has 5 nitrogen and oxygen atoms in total. The summed E-state index contributed by atoms with van der Waals surface area (Å²) in [4.78, 5) is 13.6. The molecule has 0 aliphatic heterocycles. The fourth-order valence-corrected chi connectivity index (χ4v) is 11.5. The van der Waals surface area contributed by atoms with Crippen molar-refractivity contribution in [3.8, 4) is 0 Å². The summed E-state index contributed by atoms with van der Waals surface area (Å²) in [5, 5.41) is 33.8. The first kappa shape index (κ1) is 30.3. The molecule has 232 valence electrons. The molecule has 42 heavy (non-hydrogen) atoms. The van der Waals surface area contributed by atoms with E-state index in [4.69, 9.17) is 4.74 Å². The number of carbonyl (C=O) groups excluding carboxylic acids is 1. The van der Waals surface area contributed by atoms with E-state index in [1.807, 2.05) is 30.3 Å². The Morgan fingerprint density at radius 3 is 2.21 bits per heavy atom. The summed E-state index contributed by atoms with van der Waals surface area (Å²) in [6, 6.07) is 9.94. The molecule has 0 unspecified atom stereocenters. The normalized spacial score (nSPS) is 49.4. The lowest BCUT2D eigenvalue weighted by molar-refractivity contribution is -0.278. The molecule has 0 aromatic heterocycles. The molecule has 3 N–H and O–H groups in total. The average Bonchev–Trinajstić information content (AvgIpc) is 2.96. The van der Waals surface area contributed by atoms with Gasteiger partial charge < -0.3 is 20.1 Å². The van der Waals surface area contributed by atoms with Crippen molar-refractivity contribution >= 4 is 5.97 Å². The molecule has 5 aliphatic rings. The number of aliphatic hydroxyl groups is 3. The van der Waals surface area contributed by atoms with Crippen LogP contribution in [0.5, 0.6) is 0 Å². The Hall–Kier alpha value is -1.69. The van der Waals surface area contributed by atoms with Crippen LogP contribution in [0.4, 0.5) is 0 Å². The van der Waals surface area contributed by atoms with Crippen LogP contribution in [0.3, 0.4) is 0 Å². The van der Waals surface area contributed by atoms with Crippen LogP contribution < -0.4 is 0 Å². The molecule has 4 saturated carbocycles. The van der Waals surface area contributed by atoms with Crippen LogP contribution in [-0.2, 0) is 16.1 Å². The highest BCUT2D eigenvalue weighted by molar-refractivity contribution is 5.76. The van der Waals surface area contributed by atoms with Gasteiger partial charge in [0, 0.05) is 5.41 Å². The smallest absolute Gasteiger partial charge is 0.312 e. The Bertz CT molecular complexity index is 1260. The molecule has 0 bridgehead atoms. The van der Waals surface area contributed by atoms with Crippen molar-refractivity contribution in [1.82, 2.24) is 0 Å². The zero-order chi connectivity index (χ0) is 30.5. The van der Waals surface area contributed by atoms with Crippen LogP contribution in [0.25, 0.3) is 0 Å². The molecule has 5 aliphatic carbocycles. The maximum atomic E-state index is 13.6. The van der Waals surface area contributed by atoms with Crippen LogP contribution >= 0.6 is 0 Å². The van der Waals surface area contributed by atoms with Gasteiger partial charge in [0.1, 0.15) is 12.7 Å². The van der Waals surface area contributed by atoms with Crippen molar-refractivity contribution < 1.29 is 24.9 Å². The van der Waals surface area contributed by atoms with Gasteiger partial charge in [-0.15, -0.1) is 0 Å². The Labute approximate surface area is 253 Å². The highest BCUT2D eigenvalue weighted by atomic mass is 16.5. The van der Waals surface area contributed by atoms with Gasteiger partial charge >= 0.3 is 5.97 Å². The number of rotatable bonds is 3. The summed E-state index contributed by atoms with van der Waals surface area (Å²) in [7, 11) is 0. The summed E-state index contributed by atoms with van der Waals surface area (Å²) in [6.07, 6.45) is 7.27. The highest BCUT2D eigenvalue weighted by Crippen LogP contribution is 2.75. The van der Waals surface area contributed by atoms with Crippen LogP contribution in [0, 0.1) is 50.2 Å². The molecule has 0 radical (unpaired) electrons. The van der Waals surface area contributed by atoms with E-state index in [1.54, 1.807) is 0 Å². The fraction of sp³-hybridized carbons (Fsp3) is 0.757. The summed E-state index contributed by atoms with van der Waals surface area (Å²) in [5.41, 5.74) is 1.13. The number of fused-ring (bicyclic) bond motifs is 7. The Morgan fingerprint density at radius 1 is 0.857 bits per heavy atom. The Balaban J connectivity index is 1.33. The van der Waals surface area contributed by atoms with Gasteiger partial charge in [-0.25, -0.2) is 0 Å². The zero-order valence-corrected chi connectivity index (χ0v) is 27.0. The highest BCUT2D eigenvalue weighted by Gasteiger charge is 2.71. The van der Waals surface area contributed by atoms with E-state index in [0.717, 1.165) is 56.9 Å². The lowest BCUT2D eigenvalue weighted by Crippen LogP contribution is -2.71. The number of aliphatic hydroxyl groups excluding tert-OH is 3. The predicted octanol–water partition coefficient (Wildman–Crippen LogP) is 6.83. The summed E-state index contributed by atoms with van der Waals surface area (Å²) in [5.74, 6) is 0.572. The van der Waals surface area contributed by atoms with Gasteiger partial charge in [0.25, 0.3) is 0 Å². The molecular weight excluding hydrogens is 524 g/mol. The Morgan fingerprint density at radius 2 is 1.52 bits per heavy atom. The van der Waals surface area contributed by atoms with Crippen molar-refractivity contribution in [2.45, 2.75) is 125 Å². The minimum Gasteiger partial charge on any atom is -0.460 e. The number of esters is 1. The largest absolute Gasteiger partial charge is 0.460 e. The number of allylic oxidation sites excluding steroid dienone is 2. The second-order valence-electron chi connectivity index (χ2n) is 16.9. The van der Waals surface area contributed by atoms with Gasteiger partial charge in [-0.1, -0.05) is 83.5 Å². The van der Waals surface area contributed by atoms with E-state index >= 15 is 0 Å². The minimum atomic E-state index is -1.14. The average molecular weight is 579 g/mol. The van der Waals surface area contributed by atoms with Crippen LogP contribution in [-0.4, -0.2) is 39.6 Å². The molecule has 6 rings (SSSR count). The third-order valence-corrected chi connectivity index (χ3v) is 14.7. The summed E-state index contributed by atoms with van der Waals surface area (Å²) < 4.78 is 5.94. The molecule has 0 heterocycles. The van der Waals surface area contributed by atoms with Crippen LogP contribution in [0.15, 0.2) is 42.0 Å². The van der Waals surface area contributed by atoms with Gasteiger partial charge in [0.05, 0.1) is 17.6 Å². The van der Waals surface area contributed by atoms with Gasteiger partial charge in [0.2, 0.25) is 0 Å². The molecule has 0 saturated heterocycles. The summed E-state index contributed by atoms with van der Waals surface area (Å²) >= 11 is 0. The number of ether oxygens (including phenoxy) is 1. The predicted molar refractivity (Wildman–Crippen MR) is 164 cm³/mol. The van der Waals surface area contributed by atoms with E-state index < -0.39 is 34.6 Å². The van der Waals surface area contributed by atoms with E-state index in [-0.39, 0.29) is 34.1 Å². The van der Waals surface area contributed by atoms with Crippen LogP contribution in [0.2, 0.25) is 0 Å².